The van der Waals surface area contributed by atoms with Crippen molar-refractivity contribution < 1.29 is 14.3 Å². The van der Waals surface area contributed by atoms with Gasteiger partial charge in [0.15, 0.2) is 0 Å². The topological polar surface area (TPSA) is 60.5 Å². The first-order chi connectivity index (χ1) is 10.7. The van der Waals surface area contributed by atoms with Gasteiger partial charge in [-0.3, -0.25) is 9.78 Å². The minimum Gasteiger partial charge on any atom is -0.497 e. The van der Waals surface area contributed by atoms with Crippen LogP contribution in [-0.2, 0) is 16.1 Å². The van der Waals surface area contributed by atoms with Crippen molar-refractivity contribution in [1.29, 1.82) is 0 Å². The number of methoxy groups -OCH3 is 2. The van der Waals surface area contributed by atoms with Gasteiger partial charge in [-0.25, -0.2) is 0 Å². The standard InChI is InChI=1S/C16H17ClN2O3/c1-21-11-5-6-12(14(17)8-11)13-4-3-7-19-15(13)9-18-10-16(20)22-2/h3-8,18H,9-10H2,1-2H3. The first-order valence-electron chi connectivity index (χ1n) is 6.71. The van der Waals surface area contributed by atoms with E-state index in [-0.39, 0.29) is 12.5 Å². The lowest BCUT2D eigenvalue weighted by atomic mass is 10.0. The number of halogens is 1. The summed E-state index contributed by atoms with van der Waals surface area (Å²) in [6, 6.07) is 9.28. The Hall–Kier alpha value is -2.11. The molecule has 0 aliphatic heterocycles. The summed E-state index contributed by atoms with van der Waals surface area (Å²) < 4.78 is 9.75. The van der Waals surface area contributed by atoms with E-state index in [1.165, 1.54) is 7.11 Å². The second-order valence-electron chi connectivity index (χ2n) is 4.52. The second kappa shape index (κ2) is 7.77. The highest BCUT2D eigenvalue weighted by Crippen LogP contribution is 2.32. The summed E-state index contributed by atoms with van der Waals surface area (Å²) in [6.07, 6.45) is 1.70. The van der Waals surface area contributed by atoms with Gasteiger partial charge in [0.05, 0.1) is 31.5 Å². The summed E-state index contributed by atoms with van der Waals surface area (Å²) in [7, 11) is 2.95. The van der Waals surface area contributed by atoms with Crippen LogP contribution in [0.2, 0.25) is 5.02 Å². The van der Waals surface area contributed by atoms with E-state index in [9.17, 15) is 4.79 Å². The van der Waals surface area contributed by atoms with E-state index in [0.29, 0.717) is 17.3 Å². The maximum atomic E-state index is 11.1. The van der Waals surface area contributed by atoms with Gasteiger partial charge in [0.1, 0.15) is 5.75 Å². The van der Waals surface area contributed by atoms with Gasteiger partial charge in [0, 0.05) is 23.9 Å². The molecule has 0 spiro atoms. The van der Waals surface area contributed by atoms with E-state index in [1.807, 2.05) is 24.3 Å². The lowest BCUT2D eigenvalue weighted by Crippen LogP contribution is -2.24. The molecule has 1 aromatic heterocycles. The molecule has 0 atom stereocenters. The smallest absolute Gasteiger partial charge is 0.319 e. The molecule has 5 nitrogen and oxygen atoms in total. The third-order valence-corrected chi connectivity index (χ3v) is 3.46. The Bertz CT molecular complexity index is 662. The van der Waals surface area contributed by atoms with Crippen LogP contribution in [0.25, 0.3) is 11.1 Å². The monoisotopic (exact) mass is 320 g/mol. The number of carbonyl (C=O) groups is 1. The highest BCUT2D eigenvalue weighted by Gasteiger charge is 2.11. The highest BCUT2D eigenvalue weighted by molar-refractivity contribution is 6.33. The van der Waals surface area contributed by atoms with Crippen molar-refractivity contribution >= 4 is 17.6 Å². The third kappa shape index (κ3) is 3.96. The third-order valence-electron chi connectivity index (χ3n) is 3.15. The summed E-state index contributed by atoms with van der Waals surface area (Å²) in [5.74, 6) is 0.378. The van der Waals surface area contributed by atoms with Crippen molar-refractivity contribution in [1.82, 2.24) is 10.3 Å². The van der Waals surface area contributed by atoms with Gasteiger partial charge >= 0.3 is 5.97 Å². The van der Waals surface area contributed by atoms with Gasteiger partial charge in [0.25, 0.3) is 0 Å². The molecule has 0 unspecified atom stereocenters. The number of aromatic nitrogens is 1. The Kier molecular flexibility index (Phi) is 5.75. The molecule has 1 N–H and O–H groups in total. The molecule has 22 heavy (non-hydrogen) atoms. The summed E-state index contributed by atoms with van der Waals surface area (Å²) >= 11 is 6.32. The Morgan fingerprint density at radius 1 is 1.27 bits per heavy atom. The van der Waals surface area contributed by atoms with Crippen LogP contribution in [0.15, 0.2) is 36.5 Å². The van der Waals surface area contributed by atoms with Gasteiger partial charge < -0.3 is 14.8 Å². The minimum absolute atomic E-state index is 0.128. The molecule has 2 rings (SSSR count). The van der Waals surface area contributed by atoms with Crippen LogP contribution in [0.5, 0.6) is 5.75 Å². The molecule has 116 valence electrons. The summed E-state index contributed by atoms with van der Waals surface area (Å²) in [4.78, 5) is 15.5. The maximum absolute atomic E-state index is 11.1. The Labute approximate surface area is 134 Å². The number of pyridine rings is 1. The fourth-order valence-corrected chi connectivity index (χ4v) is 2.29. The SMILES string of the molecule is COC(=O)CNCc1ncccc1-c1ccc(OC)cc1Cl. The first kappa shape index (κ1) is 16.3. The zero-order valence-corrected chi connectivity index (χ0v) is 13.2. The first-order valence-corrected chi connectivity index (χ1v) is 7.09. The van der Waals surface area contributed by atoms with Crippen LogP contribution in [0.3, 0.4) is 0 Å². The lowest BCUT2D eigenvalue weighted by molar-refractivity contribution is -0.139. The Balaban J connectivity index is 2.22. The van der Waals surface area contributed by atoms with Crippen molar-refractivity contribution in [3.05, 3.63) is 47.2 Å². The second-order valence-corrected chi connectivity index (χ2v) is 4.93. The average Bonchev–Trinajstić information content (AvgIpc) is 2.55. The molecular formula is C16H17ClN2O3. The fourth-order valence-electron chi connectivity index (χ4n) is 2.02. The Morgan fingerprint density at radius 2 is 2.09 bits per heavy atom. The van der Waals surface area contributed by atoms with E-state index in [0.717, 1.165) is 16.8 Å². The predicted octanol–water partition coefficient (Wildman–Crippen LogP) is 2.67. The number of hydrogen-bond donors (Lipinski definition) is 1. The van der Waals surface area contributed by atoms with Crippen LogP contribution in [-0.4, -0.2) is 31.7 Å². The fraction of sp³-hybridized carbons (Fsp3) is 0.250. The number of hydrogen-bond acceptors (Lipinski definition) is 5. The Morgan fingerprint density at radius 3 is 2.77 bits per heavy atom. The number of esters is 1. The molecular weight excluding hydrogens is 304 g/mol. The number of nitrogens with one attached hydrogen (secondary N) is 1. The van der Waals surface area contributed by atoms with Gasteiger partial charge in [0.2, 0.25) is 0 Å². The number of benzene rings is 1. The van der Waals surface area contributed by atoms with Crippen molar-refractivity contribution in [3.8, 4) is 16.9 Å². The predicted molar refractivity (Wildman–Crippen MR) is 85.0 cm³/mol. The van der Waals surface area contributed by atoms with Gasteiger partial charge in [-0.15, -0.1) is 0 Å². The van der Waals surface area contributed by atoms with Crippen LogP contribution >= 0.6 is 11.6 Å². The lowest BCUT2D eigenvalue weighted by Gasteiger charge is -2.11. The normalized spacial score (nSPS) is 10.3. The molecule has 1 aromatic carbocycles. The largest absolute Gasteiger partial charge is 0.497 e. The summed E-state index contributed by atoms with van der Waals surface area (Å²) in [6.45, 7) is 0.566. The zero-order valence-electron chi connectivity index (χ0n) is 12.4. The molecule has 0 bridgehead atoms. The maximum Gasteiger partial charge on any atom is 0.319 e. The van der Waals surface area contributed by atoms with Crippen LogP contribution < -0.4 is 10.1 Å². The van der Waals surface area contributed by atoms with E-state index < -0.39 is 0 Å². The van der Waals surface area contributed by atoms with Gasteiger partial charge in [-0.2, -0.15) is 0 Å². The molecule has 0 saturated heterocycles. The number of nitrogens with zero attached hydrogens (tertiary/aromatic N) is 1. The summed E-state index contributed by atoms with van der Waals surface area (Å²) in [5.41, 5.74) is 2.58. The van der Waals surface area contributed by atoms with E-state index >= 15 is 0 Å². The molecule has 0 aliphatic rings. The van der Waals surface area contributed by atoms with Crippen molar-refractivity contribution in [2.45, 2.75) is 6.54 Å². The molecule has 0 aliphatic carbocycles. The average molecular weight is 321 g/mol. The number of rotatable bonds is 6. The van der Waals surface area contributed by atoms with Crippen molar-refractivity contribution in [2.75, 3.05) is 20.8 Å². The molecule has 2 aromatic rings. The minimum atomic E-state index is -0.319. The van der Waals surface area contributed by atoms with Gasteiger partial charge in [-0.1, -0.05) is 17.7 Å². The molecule has 0 fully saturated rings. The number of carbonyl (C=O) groups excluding carboxylic acids is 1. The summed E-state index contributed by atoms with van der Waals surface area (Å²) in [5, 5.41) is 3.58. The van der Waals surface area contributed by atoms with Crippen LogP contribution in [0, 0.1) is 0 Å². The van der Waals surface area contributed by atoms with Gasteiger partial charge in [-0.05, 0) is 24.3 Å². The quantitative estimate of drug-likeness (QED) is 0.829. The molecule has 0 amide bonds. The van der Waals surface area contributed by atoms with Crippen LogP contribution in [0.1, 0.15) is 5.69 Å². The number of ether oxygens (including phenoxy) is 2. The molecule has 0 radical (unpaired) electrons. The van der Waals surface area contributed by atoms with E-state index in [2.05, 4.69) is 15.0 Å². The van der Waals surface area contributed by atoms with Crippen molar-refractivity contribution in [2.24, 2.45) is 0 Å². The molecule has 6 heteroatoms. The molecule has 0 saturated carbocycles. The van der Waals surface area contributed by atoms with Crippen LogP contribution in [0.4, 0.5) is 0 Å². The van der Waals surface area contributed by atoms with E-state index in [1.54, 1.807) is 19.4 Å². The van der Waals surface area contributed by atoms with Crippen molar-refractivity contribution in [3.63, 3.8) is 0 Å². The zero-order chi connectivity index (χ0) is 15.9. The highest BCUT2D eigenvalue weighted by atomic mass is 35.5. The molecule has 1 heterocycles. The van der Waals surface area contributed by atoms with E-state index in [4.69, 9.17) is 16.3 Å².